The second-order valence-corrected chi connectivity index (χ2v) is 14.5. The quantitative estimate of drug-likeness (QED) is 0.282. The predicted molar refractivity (Wildman–Crippen MR) is 171 cm³/mol. The standard InChI is InChI=1S/C34H33F3N6O2S/c35-17-9-34(6-1-7-42(34)13-17)16-45-26-8-25(43-18-2-3-19(43)12-40-11-18)29-23-15-44-14-22(23)27(30(37)31(29)41-26)20-4-5-24(36)32-28(20)21(10-38)33(39)46-32/h4-5,8,17-19,40H,1-3,6-7,9,11-16,39H2/t17-,18?,19?,34+/m1/s1. The first-order valence-corrected chi connectivity index (χ1v) is 16.9. The van der Waals surface area contributed by atoms with Gasteiger partial charge in [-0.2, -0.15) is 5.26 Å². The van der Waals surface area contributed by atoms with E-state index in [1.54, 1.807) is 0 Å². The van der Waals surface area contributed by atoms with Crippen molar-refractivity contribution in [3.63, 3.8) is 0 Å². The summed E-state index contributed by atoms with van der Waals surface area (Å²) in [6.45, 7) is 3.64. The van der Waals surface area contributed by atoms with E-state index in [1.807, 2.05) is 6.07 Å². The summed E-state index contributed by atoms with van der Waals surface area (Å²) in [4.78, 5) is 9.43. The Hall–Kier alpha value is -3.63. The van der Waals surface area contributed by atoms with E-state index in [1.165, 1.54) is 12.1 Å². The number of nitrogen functional groups attached to an aromatic ring is 1. The van der Waals surface area contributed by atoms with Crippen LogP contribution in [0.25, 0.3) is 32.1 Å². The summed E-state index contributed by atoms with van der Waals surface area (Å²) in [6.07, 6.45) is 3.42. The molecule has 0 spiro atoms. The molecule has 12 heteroatoms. The summed E-state index contributed by atoms with van der Waals surface area (Å²) in [5.41, 5.74) is 9.07. The normalized spacial score (nSPS) is 27.1. The zero-order valence-electron chi connectivity index (χ0n) is 25.2. The highest BCUT2D eigenvalue weighted by Gasteiger charge is 2.49. The van der Waals surface area contributed by atoms with Crippen molar-refractivity contribution >= 4 is 43.0 Å². The van der Waals surface area contributed by atoms with Crippen LogP contribution in [0.4, 0.5) is 23.9 Å². The molecule has 2 aromatic heterocycles. The fraction of sp³-hybridized carbons (Fsp3) is 0.471. The third-order valence-electron chi connectivity index (χ3n) is 11.0. The van der Waals surface area contributed by atoms with Gasteiger partial charge < -0.3 is 25.4 Å². The van der Waals surface area contributed by atoms with Gasteiger partial charge in [0.05, 0.1) is 34.7 Å². The third-order valence-corrected chi connectivity index (χ3v) is 12.0. The van der Waals surface area contributed by atoms with Crippen LogP contribution in [0.5, 0.6) is 5.88 Å². The molecule has 2 unspecified atom stereocenters. The Morgan fingerprint density at radius 2 is 1.98 bits per heavy atom. The molecule has 0 radical (unpaired) electrons. The van der Waals surface area contributed by atoms with Crippen molar-refractivity contribution in [1.29, 1.82) is 5.26 Å². The van der Waals surface area contributed by atoms with Crippen molar-refractivity contribution in [2.75, 3.05) is 43.4 Å². The van der Waals surface area contributed by atoms with Gasteiger partial charge in [0.15, 0.2) is 5.82 Å². The van der Waals surface area contributed by atoms with E-state index in [0.29, 0.717) is 40.7 Å². The monoisotopic (exact) mass is 646 g/mol. The molecular weight excluding hydrogens is 613 g/mol. The van der Waals surface area contributed by atoms with Gasteiger partial charge in [-0.15, -0.1) is 11.3 Å². The molecule has 4 atom stereocenters. The van der Waals surface area contributed by atoms with Gasteiger partial charge in [0.25, 0.3) is 0 Å². The van der Waals surface area contributed by atoms with Crippen LogP contribution in [0.2, 0.25) is 0 Å². The van der Waals surface area contributed by atoms with Gasteiger partial charge in [-0.3, -0.25) is 4.90 Å². The summed E-state index contributed by atoms with van der Waals surface area (Å²) in [7, 11) is 0. The number of nitrogens with zero attached hydrogens (tertiary/aromatic N) is 4. The van der Waals surface area contributed by atoms with Gasteiger partial charge in [0, 0.05) is 60.5 Å². The van der Waals surface area contributed by atoms with Gasteiger partial charge >= 0.3 is 0 Å². The molecule has 5 aliphatic rings. The van der Waals surface area contributed by atoms with Crippen molar-refractivity contribution in [3.8, 4) is 23.1 Å². The van der Waals surface area contributed by atoms with Gasteiger partial charge in [0.2, 0.25) is 5.88 Å². The molecule has 0 aliphatic carbocycles. The number of nitriles is 1. The molecule has 4 fully saturated rings. The summed E-state index contributed by atoms with van der Waals surface area (Å²) >= 11 is 0.986. The minimum Gasteiger partial charge on any atom is -0.476 e. The number of pyridine rings is 1. The van der Waals surface area contributed by atoms with Crippen molar-refractivity contribution in [2.24, 2.45) is 0 Å². The smallest absolute Gasteiger partial charge is 0.216 e. The number of anilines is 2. The van der Waals surface area contributed by atoms with Crippen LogP contribution < -0.4 is 20.7 Å². The number of thiophene rings is 1. The fourth-order valence-corrected chi connectivity index (χ4v) is 9.94. The Kier molecular flexibility index (Phi) is 6.49. The molecule has 4 aromatic rings. The number of benzene rings is 2. The van der Waals surface area contributed by atoms with Gasteiger partial charge in [-0.25, -0.2) is 18.2 Å². The van der Waals surface area contributed by atoms with E-state index in [2.05, 4.69) is 21.2 Å². The average molecular weight is 647 g/mol. The number of piperazine rings is 1. The Labute approximate surface area is 267 Å². The molecule has 0 amide bonds. The molecule has 238 valence electrons. The van der Waals surface area contributed by atoms with Crippen LogP contribution in [-0.2, 0) is 18.0 Å². The predicted octanol–water partition coefficient (Wildman–Crippen LogP) is 5.77. The lowest BCUT2D eigenvalue weighted by Gasteiger charge is -2.38. The van der Waals surface area contributed by atoms with E-state index in [4.69, 9.17) is 20.2 Å². The maximum absolute atomic E-state index is 17.4. The molecule has 9 rings (SSSR count). The van der Waals surface area contributed by atoms with Crippen LogP contribution in [0, 0.1) is 23.0 Å². The number of aromatic nitrogens is 1. The van der Waals surface area contributed by atoms with Crippen LogP contribution in [0.1, 0.15) is 48.8 Å². The molecule has 0 saturated carbocycles. The van der Waals surface area contributed by atoms with Gasteiger partial charge in [0.1, 0.15) is 35.2 Å². The van der Waals surface area contributed by atoms with Gasteiger partial charge in [-0.1, -0.05) is 6.07 Å². The van der Waals surface area contributed by atoms with Gasteiger partial charge in [-0.05, 0) is 55.0 Å². The molecule has 2 aromatic carbocycles. The molecule has 8 nitrogen and oxygen atoms in total. The molecule has 46 heavy (non-hydrogen) atoms. The number of halogens is 3. The van der Waals surface area contributed by atoms with E-state index in [9.17, 15) is 9.65 Å². The number of hydrogen-bond acceptors (Lipinski definition) is 9. The Bertz CT molecular complexity index is 1960. The van der Waals surface area contributed by atoms with Crippen LogP contribution in [-0.4, -0.2) is 66.5 Å². The van der Waals surface area contributed by atoms with E-state index in [-0.39, 0.29) is 63.8 Å². The fourth-order valence-electron chi connectivity index (χ4n) is 8.99. The molecule has 4 saturated heterocycles. The zero-order chi connectivity index (χ0) is 31.3. The number of nitrogens with one attached hydrogen (secondary N) is 1. The Morgan fingerprint density at radius 1 is 1.17 bits per heavy atom. The second kappa shape index (κ2) is 10.4. The van der Waals surface area contributed by atoms with Crippen molar-refractivity contribution < 1.29 is 22.6 Å². The van der Waals surface area contributed by atoms with E-state index < -0.39 is 17.8 Å². The van der Waals surface area contributed by atoms with Crippen LogP contribution >= 0.6 is 11.3 Å². The van der Waals surface area contributed by atoms with Crippen LogP contribution in [0.15, 0.2) is 18.2 Å². The first kappa shape index (κ1) is 28.6. The number of rotatable bonds is 5. The topological polar surface area (TPSA) is 99.7 Å². The summed E-state index contributed by atoms with van der Waals surface area (Å²) < 4.78 is 59.6. The molecule has 3 N–H and O–H groups in total. The zero-order valence-corrected chi connectivity index (χ0v) is 26.0. The number of fused-ring (bicyclic) bond motifs is 7. The highest BCUT2D eigenvalue weighted by molar-refractivity contribution is 7.23. The van der Waals surface area contributed by atoms with Crippen LogP contribution in [0.3, 0.4) is 0 Å². The van der Waals surface area contributed by atoms with Crippen molar-refractivity contribution in [3.05, 3.63) is 46.5 Å². The van der Waals surface area contributed by atoms with Crippen molar-refractivity contribution in [1.82, 2.24) is 15.2 Å². The summed E-state index contributed by atoms with van der Waals surface area (Å²) in [5, 5.41) is 14.7. The molecule has 5 aliphatic heterocycles. The molecule has 7 heterocycles. The van der Waals surface area contributed by atoms with E-state index in [0.717, 1.165) is 67.9 Å². The first-order valence-electron chi connectivity index (χ1n) is 16.0. The average Bonchev–Trinajstić information content (AvgIpc) is 3.85. The molecule has 2 bridgehead atoms. The lowest BCUT2D eigenvalue weighted by molar-refractivity contribution is 0.111. The summed E-state index contributed by atoms with van der Waals surface area (Å²) in [6, 6.07) is 7.35. The second-order valence-electron chi connectivity index (χ2n) is 13.4. The van der Waals surface area contributed by atoms with E-state index >= 15 is 8.78 Å². The maximum Gasteiger partial charge on any atom is 0.216 e. The van der Waals surface area contributed by atoms with Crippen molar-refractivity contribution in [2.45, 2.75) is 69.1 Å². The minimum absolute atomic E-state index is 0.132. The highest BCUT2D eigenvalue weighted by Crippen LogP contribution is 2.49. The lowest BCUT2D eigenvalue weighted by Crippen LogP contribution is -2.52. The maximum atomic E-state index is 17.4. The third kappa shape index (κ3) is 4.05. The highest BCUT2D eigenvalue weighted by atomic mass is 32.1. The summed E-state index contributed by atoms with van der Waals surface area (Å²) in [5.74, 6) is -0.783. The number of ether oxygens (including phenoxy) is 2. The lowest BCUT2D eigenvalue weighted by atomic mass is 9.89. The first-order chi connectivity index (χ1) is 22.4. The number of hydrogen-bond donors (Lipinski definition) is 2. The Balaban J connectivity index is 1.27. The molecular formula is C34H33F3N6O2S. The SMILES string of the molecule is N#Cc1c(N)sc2c(F)ccc(-c3c4c(c5c(N6C7CCC6CNC7)cc(OC[C@@]67CCCN6C[C@H](F)C7)nc5c3F)COC4)c12. The largest absolute Gasteiger partial charge is 0.476 e. The Morgan fingerprint density at radius 3 is 2.78 bits per heavy atom. The minimum atomic E-state index is -0.889. The number of nitrogens with two attached hydrogens (primary N) is 1. The number of alkyl halides is 1.